The van der Waals surface area contributed by atoms with E-state index in [4.69, 9.17) is 11.6 Å². The first kappa shape index (κ1) is 14.9. The van der Waals surface area contributed by atoms with Crippen molar-refractivity contribution < 1.29 is 0 Å². The van der Waals surface area contributed by atoms with Crippen molar-refractivity contribution in [2.75, 3.05) is 13.1 Å². The van der Waals surface area contributed by atoms with Gasteiger partial charge in [-0.1, -0.05) is 12.8 Å². The van der Waals surface area contributed by atoms with Gasteiger partial charge in [-0.25, -0.2) is 0 Å². The standard InChI is InChI=1S/C15H26ClN3/c1-13-11-17-19(12-13)9-8-18-7-5-3-4-6-15(18)10-14(2)16/h11-12,14-15H,3-10H2,1-2H3. The Labute approximate surface area is 121 Å². The average molecular weight is 284 g/mol. The Kier molecular flexibility index (Phi) is 5.71. The fourth-order valence-corrected chi connectivity index (χ4v) is 3.20. The third kappa shape index (κ3) is 4.81. The van der Waals surface area contributed by atoms with E-state index in [1.807, 2.05) is 6.20 Å². The molecule has 2 rings (SSSR count). The van der Waals surface area contributed by atoms with E-state index < -0.39 is 0 Å². The molecule has 1 fully saturated rings. The quantitative estimate of drug-likeness (QED) is 0.772. The van der Waals surface area contributed by atoms with Gasteiger partial charge in [-0.2, -0.15) is 5.10 Å². The van der Waals surface area contributed by atoms with Crippen LogP contribution < -0.4 is 0 Å². The third-order valence-electron chi connectivity index (χ3n) is 3.97. The average Bonchev–Trinajstić information content (AvgIpc) is 2.64. The summed E-state index contributed by atoms with van der Waals surface area (Å²) in [5, 5.41) is 4.65. The molecule has 19 heavy (non-hydrogen) atoms. The van der Waals surface area contributed by atoms with Crippen molar-refractivity contribution in [2.24, 2.45) is 0 Å². The Bertz CT molecular complexity index is 375. The second-order valence-corrected chi connectivity index (χ2v) is 6.58. The summed E-state index contributed by atoms with van der Waals surface area (Å²) in [6.07, 6.45) is 10.5. The first-order valence-corrected chi connectivity index (χ1v) is 7.96. The molecule has 2 heterocycles. The maximum atomic E-state index is 6.21. The molecule has 1 aliphatic heterocycles. The van der Waals surface area contributed by atoms with E-state index in [2.05, 4.69) is 34.7 Å². The Morgan fingerprint density at radius 3 is 2.89 bits per heavy atom. The van der Waals surface area contributed by atoms with E-state index in [1.54, 1.807) is 0 Å². The van der Waals surface area contributed by atoms with E-state index in [-0.39, 0.29) is 5.38 Å². The van der Waals surface area contributed by atoms with Crippen molar-refractivity contribution in [1.82, 2.24) is 14.7 Å². The normalized spacial score (nSPS) is 23.2. The molecule has 0 aromatic carbocycles. The lowest BCUT2D eigenvalue weighted by Crippen LogP contribution is -2.38. The highest BCUT2D eigenvalue weighted by molar-refractivity contribution is 6.20. The number of hydrogen-bond donors (Lipinski definition) is 0. The SMILES string of the molecule is Cc1cnn(CCN2CCCCCC2CC(C)Cl)c1. The third-order valence-corrected chi connectivity index (χ3v) is 4.15. The van der Waals surface area contributed by atoms with Gasteiger partial charge in [0.25, 0.3) is 0 Å². The van der Waals surface area contributed by atoms with Crippen molar-refractivity contribution in [2.45, 2.75) is 63.9 Å². The molecule has 1 saturated heterocycles. The molecule has 0 aliphatic carbocycles. The first-order chi connectivity index (χ1) is 9.15. The largest absolute Gasteiger partial charge is 0.298 e. The number of rotatable bonds is 5. The number of likely N-dealkylation sites (tertiary alicyclic amines) is 1. The Morgan fingerprint density at radius 2 is 2.21 bits per heavy atom. The molecule has 2 atom stereocenters. The maximum absolute atomic E-state index is 6.21. The number of halogens is 1. The van der Waals surface area contributed by atoms with Gasteiger partial charge in [0.1, 0.15) is 0 Å². The van der Waals surface area contributed by atoms with Crippen LogP contribution in [0.1, 0.15) is 44.6 Å². The Balaban J connectivity index is 1.89. The minimum atomic E-state index is 0.276. The van der Waals surface area contributed by atoms with Gasteiger partial charge >= 0.3 is 0 Å². The van der Waals surface area contributed by atoms with Gasteiger partial charge in [0.05, 0.1) is 12.7 Å². The molecule has 1 aliphatic rings. The van der Waals surface area contributed by atoms with Gasteiger partial charge in [-0.3, -0.25) is 9.58 Å². The number of hydrogen-bond acceptors (Lipinski definition) is 2. The van der Waals surface area contributed by atoms with Gasteiger partial charge in [0.2, 0.25) is 0 Å². The highest BCUT2D eigenvalue weighted by Gasteiger charge is 2.22. The molecule has 3 nitrogen and oxygen atoms in total. The van der Waals surface area contributed by atoms with Gasteiger partial charge in [0.15, 0.2) is 0 Å². The van der Waals surface area contributed by atoms with Crippen molar-refractivity contribution >= 4 is 11.6 Å². The number of aromatic nitrogens is 2. The molecule has 2 unspecified atom stereocenters. The predicted octanol–water partition coefficient (Wildman–Crippen LogP) is 3.45. The van der Waals surface area contributed by atoms with Crippen LogP contribution in [0.25, 0.3) is 0 Å². The van der Waals surface area contributed by atoms with Gasteiger partial charge in [-0.15, -0.1) is 11.6 Å². The molecule has 0 bridgehead atoms. The number of alkyl halides is 1. The van der Waals surface area contributed by atoms with Crippen LogP contribution in [-0.2, 0) is 6.54 Å². The topological polar surface area (TPSA) is 21.1 Å². The lowest BCUT2D eigenvalue weighted by atomic mass is 10.0. The van der Waals surface area contributed by atoms with E-state index in [0.29, 0.717) is 6.04 Å². The zero-order chi connectivity index (χ0) is 13.7. The minimum absolute atomic E-state index is 0.276. The fraction of sp³-hybridized carbons (Fsp3) is 0.800. The molecular formula is C15H26ClN3. The van der Waals surface area contributed by atoms with Crippen molar-refractivity contribution in [3.63, 3.8) is 0 Å². The molecule has 0 radical (unpaired) electrons. The maximum Gasteiger partial charge on any atom is 0.0536 e. The molecule has 4 heteroatoms. The van der Waals surface area contributed by atoms with E-state index >= 15 is 0 Å². The summed E-state index contributed by atoms with van der Waals surface area (Å²) in [6, 6.07) is 0.659. The summed E-state index contributed by atoms with van der Waals surface area (Å²) in [7, 11) is 0. The second kappa shape index (κ2) is 7.30. The Hall–Kier alpha value is -0.540. The second-order valence-electron chi connectivity index (χ2n) is 5.84. The molecule has 0 saturated carbocycles. The molecule has 0 spiro atoms. The van der Waals surface area contributed by atoms with Gasteiger partial charge < -0.3 is 0 Å². The smallest absolute Gasteiger partial charge is 0.0536 e. The molecular weight excluding hydrogens is 258 g/mol. The monoisotopic (exact) mass is 283 g/mol. The van der Waals surface area contributed by atoms with Crippen LogP contribution in [-0.4, -0.2) is 39.2 Å². The van der Waals surface area contributed by atoms with Crippen LogP contribution in [0.2, 0.25) is 0 Å². The van der Waals surface area contributed by atoms with Gasteiger partial charge in [0, 0.05) is 24.2 Å². The fourth-order valence-electron chi connectivity index (χ4n) is 2.99. The van der Waals surface area contributed by atoms with Crippen LogP contribution in [0.3, 0.4) is 0 Å². The molecule has 1 aromatic rings. The van der Waals surface area contributed by atoms with Crippen LogP contribution >= 0.6 is 11.6 Å². The van der Waals surface area contributed by atoms with Crippen molar-refractivity contribution in [3.05, 3.63) is 18.0 Å². The van der Waals surface area contributed by atoms with E-state index in [0.717, 1.165) is 19.5 Å². The van der Waals surface area contributed by atoms with Crippen molar-refractivity contribution in [1.29, 1.82) is 0 Å². The number of aryl methyl sites for hydroxylation is 1. The van der Waals surface area contributed by atoms with Crippen molar-refractivity contribution in [3.8, 4) is 0 Å². The van der Waals surface area contributed by atoms with E-state index in [1.165, 1.54) is 37.8 Å². The first-order valence-electron chi connectivity index (χ1n) is 7.52. The number of nitrogens with zero attached hydrogens (tertiary/aromatic N) is 3. The van der Waals surface area contributed by atoms with Crippen LogP contribution in [0, 0.1) is 6.92 Å². The van der Waals surface area contributed by atoms with Crippen LogP contribution in [0.5, 0.6) is 0 Å². The highest BCUT2D eigenvalue weighted by Crippen LogP contribution is 2.22. The Morgan fingerprint density at radius 1 is 1.37 bits per heavy atom. The molecule has 108 valence electrons. The highest BCUT2D eigenvalue weighted by atomic mass is 35.5. The summed E-state index contributed by atoms with van der Waals surface area (Å²) in [4.78, 5) is 2.63. The summed E-state index contributed by atoms with van der Waals surface area (Å²) >= 11 is 6.21. The summed E-state index contributed by atoms with van der Waals surface area (Å²) in [5.41, 5.74) is 1.24. The summed E-state index contributed by atoms with van der Waals surface area (Å²) in [5.74, 6) is 0. The molecule has 0 N–H and O–H groups in total. The van der Waals surface area contributed by atoms with Crippen LogP contribution in [0.4, 0.5) is 0 Å². The summed E-state index contributed by atoms with van der Waals surface area (Å²) < 4.78 is 2.06. The zero-order valence-corrected chi connectivity index (χ0v) is 12.9. The van der Waals surface area contributed by atoms with Gasteiger partial charge in [-0.05, 0) is 45.2 Å². The minimum Gasteiger partial charge on any atom is -0.298 e. The predicted molar refractivity (Wildman–Crippen MR) is 80.7 cm³/mol. The molecule has 0 amide bonds. The lowest BCUT2D eigenvalue weighted by Gasteiger charge is -2.30. The van der Waals surface area contributed by atoms with Crippen LogP contribution in [0.15, 0.2) is 12.4 Å². The van der Waals surface area contributed by atoms with E-state index in [9.17, 15) is 0 Å². The zero-order valence-electron chi connectivity index (χ0n) is 12.2. The summed E-state index contributed by atoms with van der Waals surface area (Å²) in [6.45, 7) is 7.50. The molecule has 1 aromatic heterocycles. The lowest BCUT2D eigenvalue weighted by molar-refractivity contribution is 0.180.